The normalized spacial score (nSPS) is 14.7. The van der Waals surface area contributed by atoms with Crippen LogP contribution >= 0.6 is 0 Å². The molecule has 0 unspecified atom stereocenters. The van der Waals surface area contributed by atoms with Crippen LogP contribution in [0.5, 0.6) is 0 Å². The Morgan fingerprint density at radius 1 is 1.21 bits per heavy atom. The first-order chi connectivity index (χ1) is 16.4. The highest BCUT2D eigenvalue weighted by atomic mass is 16.5. The van der Waals surface area contributed by atoms with Gasteiger partial charge in [0.25, 0.3) is 11.8 Å². The predicted octanol–water partition coefficient (Wildman–Crippen LogP) is 3.00. The fourth-order valence-electron chi connectivity index (χ4n) is 3.76. The fraction of sp³-hybridized carbons (Fsp3) is 0.208. The topological polar surface area (TPSA) is 129 Å². The Balaban J connectivity index is 1.58. The van der Waals surface area contributed by atoms with Crippen molar-refractivity contribution in [1.82, 2.24) is 20.0 Å². The average molecular weight is 458 g/mol. The predicted molar refractivity (Wildman–Crippen MR) is 123 cm³/mol. The molecule has 4 rings (SSSR count). The number of hydrogen-bond donors (Lipinski definition) is 2. The number of amides is 3. The van der Waals surface area contributed by atoms with Crippen LogP contribution in [0.3, 0.4) is 0 Å². The van der Waals surface area contributed by atoms with Gasteiger partial charge in [0, 0.05) is 17.7 Å². The third-order valence-electron chi connectivity index (χ3n) is 5.46. The van der Waals surface area contributed by atoms with E-state index in [1.54, 1.807) is 52.0 Å². The third-order valence-corrected chi connectivity index (χ3v) is 5.46. The summed E-state index contributed by atoms with van der Waals surface area (Å²) in [5, 5.41) is 19.2. The summed E-state index contributed by atoms with van der Waals surface area (Å²) in [5.41, 5.74) is 2.56. The maximum absolute atomic E-state index is 13.1. The van der Waals surface area contributed by atoms with Crippen molar-refractivity contribution in [2.45, 2.75) is 13.0 Å². The van der Waals surface area contributed by atoms with Crippen LogP contribution in [0.25, 0.3) is 11.3 Å². The largest absolute Gasteiger partial charge is 0.453 e. The van der Waals surface area contributed by atoms with Gasteiger partial charge in [-0.2, -0.15) is 10.4 Å². The van der Waals surface area contributed by atoms with E-state index in [4.69, 9.17) is 0 Å². The summed E-state index contributed by atoms with van der Waals surface area (Å²) in [6, 6.07) is 17.1. The number of carbonyl (C=O) groups is 3. The van der Waals surface area contributed by atoms with Crippen molar-refractivity contribution in [2.75, 3.05) is 25.6 Å². The van der Waals surface area contributed by atoms with Gasteiger partial charge in [-0.15, -0.1) is 0 Å². The number of hydrogen-bond acceptors (Lipinski definition) is 6. The fourth-order valence-corrected chi connectivity index (χ4v) is 3.76. The van der Waals surface area contributed by atoms with Gasteiger partial charge in [-0.1, -0.05) is 18.2 Å². The molecule has 2 N–H and O–H groups in total. The Kier molecular flexibility index (Phi) is 6.27. The third kappa shape index (κ3) is 4.45. The second kappa shape index (κ2) is 9.46. The molecule has 10 nitrogen and oxygen atoms in total. The van der Waals surface area contributed by atoms with Gasteiger partial charge in [-0.25, -0.2) is 4.79 Å². The zero-order valence-electron chi connectivity index (χ0n) is 18.6. The zero-order valence-corrected chi connectivity index (χ0v) is 18.6. The van der Waals surface area contributed by atoms with Gasteiger partial charge in [0.05, 0.1) is 42.8 Å². The molecule has 1 atom stereocenters. The number of aromatic nitrogens is 2. The lowest BCUT2D eigenvalue weighted by Crippen LogP contribution is -2.47. The quantitative estimate of drug-likeness (QED) is 0.605. The molecule has 1 aliphatic heterocycles. The van der Waals surface area contributed by atoms with E-state index in [1.807, 2.05) is 19.1 Å². The molecule has 0 aliphatic carbocycles. The van der Waals surface area contributed by atoms with Crippen molar-refractivity contribution in [2.24, 2.45) is 0 Å². The molecule has 1 aromatic heterocycles. The number of carbonyl (C=O) groups excluding carboxylic acids is 3. The van der Waals surface area contributed by atoms with Crippen LogP contribution in [-0.2, 0) is 4.74 Å². The number of nitrogens with one attached hydrogen (secondary N) is 2. The summed E-state index contributed by atoms with van der Waals surface area (Å²) in [5.74, 6) is -0.543. The minimum Gasteiger partial charge on any atom is -0.453 e. The van der Waals surface area contributed by atoms with E-state index in [9.17, 15) is 19.6 Å². The number of methoxy groups -OCH3 is 1. The van der Waals surface area contributed by atoms with Crippen molar-refractivity contribution >= 4 is 23.6 Å². The van der Waals surface area contributed by atoms with Crippen LogP contribution < -0.4 is 10.6 Å². The molecule has 2 heterocycles. The van der Waals surface area contributed by atoms with Crippen molar-refractivity contribution in [3.05, 3.63) is 71.4 Å². The summed E-state index contributed by atoms with van der Waals surface area (Å²) in [7, 11) is 1.24. The molecular formula is C24H22N6O4. The van der Waals surface area contributed by atoms with E-state index >= 15 is 0 Å². The van der Waals surface area contributed by atoms with E-state index in [2.05, 4.69) is 20.5 Å². The number of ether oxygens (including phenoxy) is 1. The Morgan fingerprint density at radius 2 is 1.97 bits per heavy atom. The van der Waals surface area contributed by atoms with Crippen molar-refractivity contribution in [3.8, 4) is 17.3 Å². The maximum Gasteiger partial charge on any atom is 0.411 e. The van der Waals surface area contributed by atoms with Crippen LogP contribution in [0.15, 0.2) is 54.6 Å². The van der Waals surface area contributed by atoms with Gasteiger partial charge in [-0.05, 0) is 43.3 Å². The van der Waals surface area contributed by atoms with E-state index in [-0.39, 0.29) is 24.5 Å². The molecule has 0 radical (unpaired) electrons. The Bertz CT molecular complexity index is 1290. The second-order valence-corrected chi connectivity index (χ2v) is 7.75. The molecule has 0 saturated heterocycles. The summed E-state index contributed by atoms with van der Waals surface area (Å²) in [6.07, 6.45) is -0.690. The van der Waals surface area contributed by atoms with Crippen LogP contribution in [0.4, 0.5) is 10.5 Å². The lowest BCUT2D eigenvalue weighted by atomic mass is 10.1. The first kappa shape index (κ1) is 22.5. The highest BCUT2D eigenvalue weighted by Gasteiger charge is 2.31. The van der Waals surface area contributed by atoms with Gasteiger partial charge in [0.15, 0.2) is 0 Å². The number of anilines is 1. The molecular weight excluding hydrogens is 436 g/mol. The van der Waals surface area contributed by atoms with Crippen LogP contribution in [0, 0.1) is 11.3 Å². The van der Waals surface area contributed by atoms with Crippen molar-refractivity contribution in [1.29, 1.82) is 5.26 Å². The lowest BCUT2D eigenvalue weighted by Gasteiger charge is -2.31. The summed E-state index contributed by atoms with van der Waals surface area (Å²) in [6.45, 7) is 2.34. The first-order valence-electron chi connectivity index (χ1n) is 10.5. The minimum atomic E-state index is -0.690. The first-order valence-corrected chi connectivity index (χ1v) is 10.5. The van der Waals surface area contributed by atoms with E-state index < -0.39 is 6.09 Å². The van der Waals surface area contributed by atoms with Crippen molar-refractivity contribution < 1.29 is 19.1 Å². The molecule has 0 spiro atoms. The molecule has 10 heteroatoms. The second-order valence-electron chi connectivity index (χ2n) is 7.75. The molecule has 2 aromatic carbocycles. The lowest BCUT2D eigenvalue weighted by molar-refractivity contribution is 0.0637. The molecule has 3 amide bonds. The number of benzene rings is 2. The molecule has 0 fully saturated rings. The van der Waals surface area contributed by atoms with Crippen LogP contribution in [-0.4, -0.2) is 52.9 Å². The van der Waals surface area contributed by atoms with Gasteiger partial charge < -0.3 is 15.0 Å². The average Bonchev–Trinajstić information content (AvgIpc) is 3.31. The number of nitrogens with zero attached hydrogens (tertiary/aromatic N) is 4. The van der Waals surface area contributed by atoms with Crippen molar-refractivity contribution in [3.63, 3.8) is 0 Å². The molecule has 172 valence electrons. The highest BCUT2D eigenvalue weighted by Crippen LogP contribution is 2.31. The monoisotopic (exact) mass is 458 g/mol. The number of nitriles is 1. The molecule has 34 heavy (non-hydrogen) atoms. The van der Waals surface area contributed by atoms with E-state index in [0.29, 0.717) is 40.3 Å². The molecule has 0 bridgehead atoms. The smallest absolute Gasteiger partial charge is 0.411 e. The summed E-state index contributed by atoms with van der Waals surface area (Å²) in [4.78, 5) is 38.9. The SMILES string of the molecule is COC(=O)Nc1cc(C#N)ccc1-c1cc2n(n1)[C@@H](C)CN(CNC(=O)c1ccccc1)C2=O. The Hall–Kier alpha value is -4.65. The summed E-state index contributed by atoms with van der Waals surface area (Å²) >= 11 is 0. The maximum atomic E-state index is 13.1. The number of fused-ring (bicyclic) bond motifs is 1. The van der Waals surface area contributed by atoms with Gasteiger partial charge in [0.1, 0.15) is 5.69 Å². The Morgan fingerprint density at radius 3 is 2.68 bits per heavy atom. The molecule has 3 aromatic rings. The van der Waals surface area contributed by atoms with Gasteiger partial charge in [-0.3, -0.25) is 19.6 Å². The molecule has 0 saturated carbocycles. The van der Waals surface area contributed by atoms with E-state index in [1.165, 1.54) is 13.2 Å². The number of rotatable bonds is 5. The zero-order chi connectivity index (χ0) is 24.2. The Labute approximate surface area is 195 Å². The molecule has 1 aliphatic rings. The standard InChI is InChI=1S/C24H22N6O4/c1-15-13-29(14-26-22(31)17-6-4-3-5-7-17)23(32)21-11-20(28-30(15)21)18-9-8-16(12-25)10-19(18)27-24(33)34-2/h3-11,15H,13-14H2,1-2H3,(H,26,31)(H,27,33)/t15-/m0/s1. The highest BCUT2D eigenvalue weighted by molar-refractivity contribution is 5.97. The van der Waals surface area contributed by atoms with Crippen LogP contribution in [0.2, 0.25) is 0 Å². The summed E-state index contributed by atoms with van der Waals surface area (Å²) < 4.78 is 6.30. The van der Waals surface area contributed by atoms with Gasteiger partial charge >= 0.3 is 6.09 Å². The van der Waals surface area contributed by atoms with Gasteiger partial charge in [0.2, 0.25) is 0 Å². The van der Waals surface area contributed by atoms with E-state index in [0.717, 1.165) is 0 Å². The minimum absolute atomic E-state index is 0.0590. The van der Waals surface area contributed by atoms with Crippen LogP contribution in [0.1, 0.15) is 39.4 Å².